The van der Waals surface area contributed by atoms with Gasteiger partial charge in [-0.25, -0.2) is 0 Å². The Labute approximate surface area is 129 Å². The highest BCUT2D eigenvalue weighted by Gasteiger charge is 2.60. The maximum absolute atomic E-state index is 10.9. The van der Waals surface area contributed by atoms with Gasteiger partial charge in [-0.1, -0.05) is 13.8 Å². The molecule has 1 saturated carbocycles. The van der Waals surface area contributed by atoms with Gasteiger partial charge in [0.1, 0.15) is 6.07 Å². The lowest BCUT2D eigenvalue weighted by Crippen LogP contribution is -2.66. The topological polar surface area (TPSA) is 79.4 Å². The predicted molar refractivity (Wildman–Crippen MR) is 81.6 cm³/mol. The molecule has 1 saturated heterocycles. The number of ether oxygens (including phenoxy) is 1. The molecule has 1 heterocycles. The van der Waals surface area contributed by atoms with E-state index in [0.717, 1.165) is 18.7 Å². The van der Waals surface area contributed by atoms with E-state index in [0.29, 0.717) is 11.5 Å². The van der Waals surface area contributed by atoms with Crippen molar-refractivity contribution in [2.75, 3.05) is 18.6 Å². The van der Waals surface area contributed by atoms with Crippen LogP contribution in [0.3, 0.4) is 0 Å². The first kappa shape index (κ1) is 14.8. The molecule has 2 aliphatic rings. The molecule has 3 unspecified atom stereocenters. The van der Waals surface area contributed by atoms with E-state index < -0.39 is 4.92 Å². The van der Waals surface area contributed by atoms with Crippen molar-refractivity contribution in [3.8, 4) is 6.07 Å². The zero-order valence-corrected chi connectivity index (χ0v) is 12.9. The van der Waals surface area contributed by atoms with Crippen molar-refractivity contribution in [3.63, 3.8) is 0 Å². The number of hydrogen-bond acceptors (Lipinski definition) is 5. The lowest BCUT2D eigenvalue weighted by atomic mass is 9.56. The Morgan fingerprint density at radius 3 is 2.86 bits per heavy atom. The highest BCUT2D eigenvalue weighted by molar-refractivity contribution is 5.63. The van der Waals surface area contributed by atoms with Crippen LogP contribution in [0, 0.1) is 32.8 Å². The monoisotopic (exact) mass is 301 g/mol. The van der Waals surface area contributed by atoms with E-state index in [9.17, 15) is 15.4 Å². The number of benzene rings is 1. The fraction of sp³-hybridized carbons (Fsp3) is 0.562. The number of nitrogens with zero attached hydrogens (tertiary/aromatic N) is 3. The predicted octanol–water partition coefficient (Wildman–Crippen LogP) is 2.72. The van der Waals surface area contributed by atoms with E-state index in [1.165, 1.54) is 12.1 Å². The van der Waals surface area contributed by atoms with Gasteiger partial charge in [-0.15, -0.1) is 0 Å². The summed E-state index contributed by atoms with van der Waals surface area (Å²) < 4.78 is 5.81. The SMILES string of the molecule is CN(c1ccc([N+](=O)[O-])cc1C#N)C1C2CCOC2C1(C)C. The van der Waals surface area contributed by atoms with Gasteiger partial charge in [0.15, 0.2) is 0 Å². The van der Waals surface area contributed by atoms with Crippen molar-refractivity contribution in [2.45, 2.75) is 32.4 Å². The van der Waals surface area contributed by atoms with Gasteiger partial charge in [-0.05, 0) is 12.5 Å². The summed E-state index contributed by atoms with van der Waals surface area (Å²) in [4.78, 5) is 12.5. The third-order valence-electron chi connectivity index (χ3n) is 5.15. The van der Waals surface area contributed by atoms with Crippen LogP contribution in [0.2, 0.25) is 0 Å². The molecule has 22 heavy (non-hydrogen) atoms. The first-order valence-electron chi connectivity index (χ1n) is 7.41. The molecule has 0 radical (unpaired) electrons. The maximum atomic E-state index is 10.9. The molecule has 1 aliphatic carbocycles. The smallest absolute Gasteiger partial charge is 0.270 e. The summed E-state index contributed by atoms with van der Waals surface area (Å²) in [6.45, 7) is 5.14. The largest absolute Gasteiger partial charge is 0.377 e. The minimum Gasteiger partial charge on any atom is -0.377 e. The highest BCUT2D eigenvalue weighted by atomic mass is 16.6. The molecule has 3 rings (SSSR count). The molecular weight excluding hydrogens is 282 g/mol. The van der Waals surface area contributed by atoms with E-state index in [2.05, 4.69) is 24.8 Å². The minimum atomic E-state index is -0.473. The maximum Gasteiger partial charge on any atom is 0.270 e. The van der Waals surface area contributed by atoms with Crippen molar-refractivity contribution in [1.82, 2.24) is 0 Å². The molecule has 1 aromatic rings. The number of nitro groups is 1. The summed E-state index contributed by atoms with van der Waals surface area (Å²) in [6.07, 6.45) is 1.29. The lowest BCUT2D eigenvalue weighted by molar-refractivity contribution is -0.384. The number of anilines is 1. The van der Waals surface area contributed by atoms with Gasteiger partial charge in [0.25, 0.3) is 5.69 Å². The Kier molecular flexibility index (Phi) is 3.33. The molecule has 1 aliphatic heterocycles. The van der Waals surface area contributed by atoms with Crippen LogP contribution < -0.4 is 4.90 Å². The Bertz CT molecular complexity index is 665. The molecule has 3 atom stereocenters. The van der Waals surface area contributed by atoms with Gasteiger partial charge >= 0.3 is 0 Å². The molecule has 116 valence electrons. The number of hydrogen-bond donors (Lipinski definition) is 0. The Balaban J connectivity index is 1.94. The summed E-state index contributed by atoms with van der Waals surface area (Å²) in [6, 6.07) is 6.84. The fourth-order valence-corrected chi connectivity index (χ4v) is 4.27. The Morgan fingerprint density at radius 2 is 2.23 bits per heavy atom. The van der Waals surface area contributed by atoms with Gasteiger partial charge in [0.2, 0.25) is 0 Å². The molecule has 2 fully saturated rings. The van der Waals surface area contributed by atoms with Crippen molar-refractivity contribution >= 4 is 11.4 Å². The summed E-state index contributed by atoms with van der Waals surface area (Å²) in [5.41, 5.74) is 1.04. The third kappa shape index (κ3) is 1.97. The first-order valence-corrected chi connectivity index (χ1v) is 7.41. The molecule has 0 amide bonds. The van der Waals surface area contributed by atoms with Crippen LogP contribution in [-0.4, -0.2) is 30.7 Å². The molecule has 6 heteroatoms. The molecule has 0 aromatic heterocycles. The molecule has 0 spiro atoms. The highest BCUT2D eigenvalue weighted by Crippen LogP contribution is 2.55. The van der Waals surface area contributed by atoms with Gasteiger partial charge in [-0.2, -0.15) is 5.26 Å². The first-order chi connectivity index (χ1) is 10.4. The van der Waals surface area contributed by atoms with Crippen molar-refractivity contribution in [1.29, 1.82) is 5.26 Å². The fourth-order valence-electron chi connectivity index (χ4n) is 4.27. The van der Waals surface area contributed by atoms with Crippen LogP contribution >= 0.6 is 0 Å². The number of nitro benzene ring substituents is 1. The Morgan fingerprint density at radius 1 is 1.50 bits per heavy atom. The summed E-state index contributed by atoms with van der Waals surface area (Å²) in [5, 5.41) is 20.2. The minimum absolute atomic E-state index is 0.00438. The van der Waals surface area contributed by atoms with E-state index in [4.69, 9.17) is 4.74 Å². The van der Waals surface area contributed by atoms with Crippen molar-refractivity contribution < 1.29 is 9.66 Å². The second-order valence-electron chi connectivity index (χ2n) is 6.69. The zero-order chi connectivity index (χ0) is 16.1. The van der Waals surface area contributed by atoms with Crippen LogP contribution in [0.1, 0.15) is 25.8 Å². The standard InChI is InChI=1S/C16H19N3O3/c1-16(2)14(12-6-7-22-15(12)16)18(3)13-5-4-11(19(20)21)8-10(13)9-17/h4-5,8,12,14-15H,6-7H2,1-3H3. The van der Waals surface area contributed by atoms with Crippen molar-refractivity contribution in [2.24, 2.45) is 11.3 Å². The summed E-state index contributed by atoms with van der Waals surface area (Å²) in [5.74, 6) is 0.460. The van der Waals surface area contributed by atoms with E-state index >= 15 is 0 Å². The van der Waals surface area contributed by atoms with Gasteiger partial charge < -0.3 is 9.64 Å². The number of non-ortho nitro benzene ring substituents is 1. The van der Waals surface area contributed by atoms with Crippen LogP contribution in [0.5, 0.6) is 0 Å². The molecule has 0 bridgehead atoms. The number of rotatable bonds is 3. The molecular formula is C16H19N3O3. The quantitative estimate of drug-likeness (QED) is 0.633. The Hall–Kier alpha value is -2.13. The average molecular weight is 301 g/mol. The van der Waals surface area contributed by atoms with E-state index in [1.807, 2.05) is 7.05 Å². The third-order valence-corrected chi connectivity index (χ3v) is 5.15. The number of fused-ring (bicyclic) bond motifs is 1. The summed E-state index contributed by atoms with van der Waals surface area (Å²) in [7, 11) is 1.96. The van der Waals surface area contributed by atoms with E-state index in [1.54, 1.807) is 6.07 Å². The van der Waals surface area contributed by atoms with Gasteiger partial charge in [0.05, 0.1) is 22.3 Å². The number of nitriles is 1. The van der Waals surface area contributed by atoms with Crippen LogP contribution in [0.15, 0.2) is 18.2 Å². The molecule has 6 nitrogen and oxygen atoms in total. The van der Waals surface area contributed by atoms with Gasteiger partial charge in [0, 0.05) is 43.2 Å². The molecule has 0 N–H and O–H groups in total. The van der Waals surface area contributed by atoms with Crippen molar-refractivity contribution in [3.05, 3.63) is 33.9 Å². The zero-order valence-electron chi connectivity index (χ0n) is 12.9. The molecule has 1 aromatic carbocycles. The second-order valence-corrected chi connectivity index (χ2v) is 6.69. The lowest BCUT2D eigenvalue weighted by Gasteiger charge is -2.58. The second kappa shape index (κ2) is 4.96. The van der Waals surface area contributed by atoms with Crippen LogP contribution in [-0.2, 0) is 4.74 Å². The average Bonchev–Trinajstić information content (AvgIpc) is 2.92. The van der Waals surface area contributed by atoms with E-state index in [-0.39, 0.29) is 23.2 Å². The van der Waals surface area contributed by atoms with Crippen LogP contribution in [0.4, 0.5) is 11.4 Å². The van der Waals surface area contributed by atoms with Gasteiger partial charge in [-0.3, -0.25) is 10.1 Å². The summed E-state index contributed by atoms with van der Waals surface area (Å²) >= 11 is 0. The van der Waals surface area contributed by atoms with Crippen LogP contribution in [0.25, 0.3) is 0 Å². The normalized spacial score (nSPS) is 28.4.